The van der Waals surface area contributed by atoms with Gasteiger partial charge in [-0.25, -0.2) is 4.79 Å². The van der Waals surface area contributed by atoms with E-state index in [0.717, 1.165) is 8.47 Å². The highest BCUT2D eigenvalue weighted by atomic mass is 127. The number of imide groups is 1. The zero-order valence-corrected chi connectivity index (χ0v) is 35.6. The molecule has 2 aliphatic rings. The van der Waals surface area contributed by atoms with Crippen molar-refractivity contribution in [2.24, 2.45) is 11.8 Å². The number of benzene rings is 1. The summed E-state index contributed by atoms with van der Waals surface area (Å²) in [5.41, 5.74) is -0.788. The Morgan fingerprint density at radius 1 is 0.833 bits per heavy atom. The van der Waals surface area contributed by atoms with Crippen molar-refractivity contribution in [2.75, 3.05) is 72.1 Å². The lowest BCUT2D eigenvalue weighted by Crippen LogP contribution is -2.53. The van der Waals surface area contributed by atoms with Gasteiger partial charge in [0.2, 0.25) is 5.91 Å². The van der Waals surface area contributed by atoms with Crippen molar-refractivity contribution >= 4 is 76.4 Å². The molecule has 2 fully saturated rings. The van der Waals surface area contributed by atoms with Crippen LogP contribution in [0.1, 0.15) is 74.6 Å². The fourth-order valence-electron chi connectivity index (χ4n) is 7.05. The van der Waals surface area contributed by atoms with Crippen LogP contribution in [0.15, 0.2) is 24.3 Å². The first-order chi connectivity index (χ1) is 28.5. The number of amides is 4. The van der Waals surface area contributed by atoms with E-state index in [9.17, 15) is 63.6 Å². The number of aldehydes is 1. The average Bonchev–Trinajstić information content (AvgIpc) is 3.52. The molecule has 1 aromatic carbocycles. The van der Waals surface area contributed by atoms with E-state index in [-0.39, 0.29) is 76.8 Å². The molecule has 21 heteroatoms. The maximum atomic E-state index is 13.3. The molecule has 0 spiro atoms. The van der Waals surface area contributed by atoms with Gasteiger partial charge >= 0.3 is 23.9 Å². The molecular weight excluding hydrogens is 903 g/mol. The number of aliphatic hydroxyl groups excluding tert-OH is 1. The molecule has 1 aromatic rings. The maximum absolute atomic E-state index is 13.3. The lowest BCUT2D eigenvalue weighted by Gasteiger charge is -2.31. The van der Waals surface area contributed by atoms with Crippen LogP contribution in [0.3, 0.4) is 0 Å². The fourth-order valence-corrected chi connectivity index (χ4v) is 7.59. The van der Waals surface area contributed by atoms with Gasteiger partial charge in [-0.3, -0.25) is 43.4 Å². The first-order valence-electron chi connectivity index (χ1n) is 19.9. The summed E-state index contributed by atoms with van der Waals surface area (Å²) in [5, 5.41) is 45.2. The summed E-state index contributed by atoms with van der Waals surface area (Å²) in [6.07, 6.45) is 3.34. The number of rotatable bonds is 28. The molecule has 3 rings (SSSR count). The number of aliphatic hydroxyl groups is 1. The Bertz CT molecular complexity index is 1680. The molecule has 1 aliphatic heterocycles. The zero-order valence-electron chi connectivity index (χ0n) is 33.4. The van der Waals surface area contributed by atoms with Gasteiger partial charge < -0.3 is 45.6 Å². The Labute approximate surface area is 361 Å². The number of carboxylic acid groups (broad SMARTS) is 3. The normalized spacial score (nSPS) is 17.6. The van der Waals surface area contributed by atoms with Gasteiger partial charge in [-0.1, -0.05) is 6.07 Å². The molecule has 1 saturated heterocycles. The van der Waals surface area contributed by atoms with Crippen molar-refractivity contribution in [3.8, 4) is 0 Å². The van der Waals surface area contributed by atoms with Gasteiger partial charge in [0.25, 0.3) is 17.7 Å². The van der Waals surface area contributed by atoms with E-state index in [0.29, 0.717) is 62.0 Å². The Kier molecular flexibility index (Phi) is 21.0. The second kappa shape index (κ2) is 25.3. The Hall–Kier alpha value is -4.58. The molecule has 332 valence electrons. The van der Waals surface area contributed by atoms with Gasteiger partial charge in [0, 0.05) is 74.2 Å². The van der Waals surface area contributed by atoms with Gasteiger partial charge in [0.1, 0.15) is 12.8 Å². The van der Waals surface area contributed by atoms with Crippen molar-refractivity contribution in [3.63, 3.8) is 0 Å². The third-order valence-corrected chi connectivity index (χ3v) is 11.2. The Balaban J connectivity index is 1.49. The highest BCUT2D eigenvalue weighted by molar-refractivity contribution is 14.1. The maximum Gasteiger partial charge on any atom is 0.336 e. The molecule has 20 nitrogen and oxygen atoms in total. The molecule has 1 heterocycles. The van der Waals surface area contributed by atoms with E-state index >= 15 is 0 Å². The van der Waals surface area contributed by atoms with Crippen LogP contribution in [-0.2, 0) is 43.2 Å². The van der Waals surface area contributed by atoms with Crippen LogP contribution in [0.2, 0.25) is 0 Å². The van der Waals surface area contributed by atoms with Crippen LogP contribution in [-0.4, -0.2) is 172 Å². The lowest BCUT2D eigenvalue weighted by atomic mass is 9.80. The summed E-state index contributed by atoms with van der Waals surface area (Å²) in [5.74, 6) is -6.94. The minimum Gasteiger partial charge on any atom is -0.480 e. The molecule has 0 unspecified atom stereocenters. The van der Waals surface area contributed by atoms with Crippen LogP contribution >= 0.6 is 22.6 Å². The molecule has 1 saturated carbocycles. The second-order valence-electron chi connectivity index (χ2n) is 15.0. The van der Waals surface area contributed by atoms with Crippen LogP contribution in [0.25, 0.3) is 0 Å². The van der Waals surface area contributed by atoms with Crippen molar-refractivity contribution in [1.82, 2.24) is 30.4 Å². The molecule has 0 aromatic heterocycles. The lowest BCUT2D eigenvalue weighted by molar-refractivity contribution is -0.201. The van der Waals surface area contributed by atoms with E-state index in [2.05, 4.69) is 33.2 Å². The number of carbonyl (C=O) groups is 9. The molecular formula is C39H55IN6O14. The summed E-state index contributed by atoms with van der Waals surface area (Å²) in [7, 11) is 0. The largest absolute Gasteiger partial charge is 0.480 e. The molecule has 60 heavy (non-hydrogen) atoms. The van der Waals surface area contributed by atoms with E-state index < -0.39 is 79.3 Å². The predicted molar refractivity (Wildman–Crippen MR) is 219 cm³/mol. The third-order valence-electron chi connectivity index (χ3n) is 10.5. The highest BCUT2D eigenvalue weighted by Gasteiger charge is 2.37. The minimum atomic E-state index is -1.31. The number of carboxylic acids is 3. The first kappa shape index (κ1) is 49.8. The van der Waals surface area contributed by atoms with Gasteiger partial charge in [0.15, 0.2) is 0 Å². The van der Waals surface area contributed by atoms with Crippen LogP contribution < -0.4 is 10.6 Å². The number of hydrogen-bond acceptors (Lipinski definition) is 14. The number of hydroxylamine groups is 2. The molecule has 6 N–H and O–H groups in total. The molecule has 1 aliphatic carbocycles. The molecule has 0 radical (unpaired) electrons. The fraction of sp³-hybridized carbons (Fsp3) is 0.615. The average molecular weight is 959 g/mol. The minimum absolute atomic E-state index is 0.0169. The van der Waals surface area contributed by atoms with Gasteiger partial charge in [-0.2, -0.15) is 0 Å². The van der Waals surface area contributed by atoms with Crippen molar-refractivity contribution in [2.45, 2.75) is 69.7 Å². The van der Waals surface area contributed by atoms with Crippen LogP contribution in [0.4, 0.5) is 0 Å². The van der Waals surface area contributed by atoms with Crippen molar-refractivity contribution < 1.29 is 68.4 Å². The number of aliphatic carboxylic acids is 3. The smallest absolute Gasteiger partial charge is 0.336 e. The van der Waals surface area contributed by atoms with Crippen molar-refractivity contribution in [1.29, 1.82) is 0 Å². The Morgan fingerprint density at radius 2 is 1.43 bits per heavy atom. The predicted octanol–water partition coefficient (Wildman–Crippen LogP) is 0.201. The SMILES string of the molecule is O=C[C@@](CO)(CCCCNC(=O)c1cccc(I)c1)NCCN(CCN(CCN(CC(=O)O)C(=O)CC1CCC(C(=O)ON2C(=O)CCC2=O)CC1)CC(=O)O)CC(=O)O. The number of hydrogen-bond donors (Lipinski definition) is 6. The first-order valence-corrected chi connectivity index (χ1v) is 20.9. The second-order valence-corrected chi connectivity index (χ2v) is 16.3. The van der Waals surface area contributed by atoms with Gasteiger partial charge in [-0.05, 0) is 91.7 Å². The number of nitrogens with one attached hydrogen (secondary N) is 2. The van der Waals surface area contributed by atoms with Crippen molar-refractivity contribution in [3.05, 3.63) is 33.4 Å². The molecule has 4 amide bonds. The zero-order chi connectivity index (χ0) is 44.2. The monoisotopic (exact) mass is 958 g/mol. The van der Waals surface area contributed by atoms with E-state index in [1.165, 1.54) is 9.80 Å². The summed E-state index contributed by atoms with van der Waals surface area (Å²) in [4.78, 5) is 118. The third kappa shape index (κ3) is 17.2. The number of nitrogens with zero attached hydrogens (tertiary/aromatic N) is 4. The summed E-state index contributed by atoms with van der Waals surface area (Å²) >= 11 is 2.11. The number of halogens is 1. The summed E-state index contributed by atoms with van der Waals surface area (Å²) in [6.45, 7) is -1.59. The summed E-state index contributed by atoms with van der Waals surface area (Å²) < 4.78 is 0.921. The number of unbranched alkanes of at least 4 members (excludes halogenated alkanes) is 1. The van der Waals surface area contributed by atoms with Gasteiger partial charge in [0.05, 0.1) is 31.2 Å². The molecule has 0 bridgehead atoms. The number of carbonyl (C=O) groups excluding carboxylic acids is 6. The van der Waals surface area contributed by atoms with Crippen LogP contribution in [0, 0.1) is 15.4 Å². The van der Waals surface area contributed by atoms with E-state index in [1.54, 1.807) is 18.2 Å². The topological polar surface area (TPSA) is 281 Å². The highest BCUT2D eigenvalue weighted by Crippen LogP contribution is 2.32. The Morgan fingerprint density at radius 3 is 2.00 bits per heavy atom. The van der Waals surface area contributed by atoms with Gasteiger partial charge in [-0.15, -0.1) is 5.06 Å². The summed E-state index contributed by atoms with van der Waals surface area (Å²) in [6, 6.07) is 7.11. The quantitative estimate of drug-likeness (QED) is 0.0283. The standard InChI is InChI=1S/C39H55IN6O14/c40-30-5-3-4-29(21-30)37(58)41-13-2-1-12-39(25-47,26-48)42-14-15-43(22-34(52)53)16-17-44(23-35(54)55)18-19-45(24-36(56)57)33(51)20-27-6-8-28(9-7-27)38(59)60-46-31(49)10-11-32(46)50/h3-5,21,25,27-28,42,48H,1-2,6-20,22-24,26H2,(H,41,58)(H,52,53)(H,54,55)(H,56,57)/t27?,28?,39-/m1/s1. The molecule has 1 atom stereocenters. The van der Waals surface area contributed by atoms with E-state index in [1.807, 2.05) is 6.07 Å². The van der Waals surface area contributed by atoms with E-state index in [4.69, 9.17) is 4.84 Å². The van der Waals surface area contributed by atoms with Crippen LogP contribution in [0.5, 0.6) is 0 Å².